The topological polar surface area (TPSA) is 91.9 Å². The number of nitrogens with zero attached hydrogens (tertiary/aromatic N) is 1. The Morgan fingerprint density at radius 1 is 0.973 bits per heavy atom. The number of rotatable bonds is 11. The van der Waals surface area contributed by atoms with E-state index >= 15 is 0 Å². The Morgan fingerprint density at radius 3 is 2.51 bits per heavy atom. The second-order valence-electron chi connectivity index (χ2n) is 9.15. The number of nitrogens with one attached hydrogen (secondary N) is 3. The van der Waals surface area contributed by atoms with Crippen molar-refractivity contribution in [2.75, 3.05) is 32.6 Å². The molecule has 8 nitrogen and oxygen atoms in total. The van der Waals surface area contributed by atoms with Gasteiger partial charge >= 0.3 is 0 Å². The fourth-order valence-electron chi connectivity index (χ4n) is 4.35. The number of hydrogen-bond acceptors (Lipinski definition) is 6. The molecule has 1 aliphatic rings. The first-order chi connectivity index (χ1) is 18.0. The summed E-state index contributed by atoms with van der Waals surface area (Å²) in [6.45, 7) is 0.537. The third kappa shape index (κ3) is 7.55. The number of ether oxygens (including phenoxy) is 2. The molecule has 0 aromatic heterocycles. The summed E-state index contributed by atoms with van der Waals surface area (Å²) in [6.07, 6.45) is 2.92. The average molecular weight is 503 g/mol. The lowest BCUT2D eigenvalue weighted by Gasteiger charge is -2.18. The van der Waals surface area contributed by atoms with Crippen molar-refractivity contribution in [3.05, 3.63) is 90.0 Å². The number of methoxy groups -OCH3 is 1. The zero-order valence-corrected chi connectivity index (χ0v) is 21.3. The standard InChI is InChI=1S/C29H34N4O4/c1-33(17-7-11-24-19-27(32-31-24)21-8-4-3-5-9-21)29(35)22-13-15-25(16-14-22)37-20-28(34)30-23-10-6-12-26(18-23)36-2/h3-6,8-10,12-16,18,24,27,31-32H,7,11,17,19-20H2,1-2H3,(H,30,34). The van der Waals surface area contributed by atoms with Crippen molar-refractivity contribution >= 4 is 17.5 Å². The van der Waals surface area contributed by atoms with Crippen LogP contribution in [0.4, 0.5) is 5.69 Å². The quantitative estimate of drug-likeness (QED) is 0.365. The Bertz CT molecular complexity index is 1170. The Balaban J connectivity index is 1.17. The summed E-state index contributed by atoms with van der Waals surface area (Å²) in [5, 5.41) is 2.77. The number of benzene rings is 3. The second-order valence-corrected chi connectivity index (χ2v) is 9.15. The van der Waals surface area contributed by atoms with E-state index < -0.39 is 0 Å². The van der Waals surface area contributed by atoms with E-state index in [0.717, 1.165) is 19.3 Å². The number of amides is 2. The highest BCUT2D eigenvalue weighted by Gasteiger charge is 2.24. The van der Waals surface area contributed by atoms with Crippen LogP contribution in [-0.4, -0.2) is 50.1 Å². The zero-order valence-electron chi connectivity index (χ0n) is 21.3. The molecule has 3 N–H and O–H groups in total. The Morgan fingerprint density at radius 2 is 1.76 bits per heavy atom. The van der Waals surface area contributed by atoms with E-state index in [0.29, 0.717) is 41.4 Å². The van der Waals surface area contributed by atoms with Crippen LogP contribution in [0.3, 0.4) is 0 Å². The van der Waals surface area contributed by atoms with E-state index in [-0.39, 0.29) is 18.4 Å². The SMILES string of the molecule is COc1cccc(NC(=O)COc2ccc(C(=O)N(C)CCCC3CC(c4ccccc4)NN3)cc2)c1. The lowest BCUT2D eigenvalue weighted by molar-refractivity contribution is -0.118. The van der Waals surface area contributed by atoms with Crippen LogP contribution in [0.2, 0.25) is 0 Å². The van der Waals surface area contributed by atoms with E-state index in [9.17, 15) is 9.59 Å². The third-order valence-electron chi connectivity index (χ3n) is 6.40. The van der Waals surface area contributed by atoms with Gasteiger partial charge in [0.25, 0.3) is 11.8 Å². The number of hydrogen-bond donors (Lipinski definition) is 3. The molecule has 1 fully saturated rings. The van der Waals surface area contributed by atoms with Crippen LogP contribution in [0.15, 0.2) is 78.9 Å². The molecular weight excluding hydrogens is 468 g/mol. The molecule has 1 saturated heterocycles. The van der Waals surface area contributed by atoms with Crippen LogP contribution in [0.25, 0.3) is 0 Å². The summed E-state index contributed by atoms with van der Waals surface area (Å²) in [5.41, 5.74) is 9.26. The van der Waals surface area contributed by atoms with Gasteiger partial charge in [0.15, 0.2) is 6.61 Å². The molecule has 8 heteroatoms. The number of carbonyl (C=O) groups excluding carboxylic acids is 2. The van der Waals surface area contributed by atoms with Gasteiger partial charge in [-0.3, -0.25) is 20.4 Å². The second kappa shape index (κ2) is 12.9. The molecule has 0 saturated carbocycles. The number of carbonyl (C=O) groups is 2. The summed E-state index contributed by atoms with van der Waals surface area (Å²) < 4.78 is 10.7. The minimum atomic E-state index is -0.282. The van der Waals surface area contributed by atoms with E-state index in [1.807, 2.05) is 13.1 Å². The summed E-state index contributed by atoms with van der Waals surface area (Å²) >= 11 is 0. The van der Waals surface area contributed by atoms with Crippen LogP contribution in [0.1, 0.15) is 41.2 Å². The molecule has 1 aliphatic heterocycles. The van der Waals surface area contributed by atoms with Gasteiger partial charge in [-0.2, -0.15) is 0 Å². The maximum atomic E-state index is 12.8. The van der Waals surface area contributed by atoms with Crippen LogP contribution in [0.5, 0.6) is 11.5 Å². The molecular formula is C29H34N4O4. The normalized spacial score (nSPS) is 16.7. The van der Waals surface area contributed by atoms with Crippen molar-refractivity contribution in [3.8, 4) is 11.5 Å². The van der Waals surface area contributed by atoms with Gasteiger partial charge in [-0.15, -0.1) is 0 Å². The van der Waals surface area contributed by atoms with Crippen LogP contribution in [-0.2, 0) is 4.79 Å². The molecule has 1 heterocycles. The van der Waals surface area contributed by atoms with Crippen molar-refractivity contribution in [1.29, 1.82) is 0 Å². The lowest BCUT2D eigenvalue weighted by atomic mass is 10.00. The lowest BCUT2D eigenvalue weighted by Crippen LogP contribution is -2.32. The predicted molar refractivity (Wildman–Crippen MR) is 144 cm³/mol. The van der Waals surface area contributed by atoms with Gasteiger partial charge in [0.1, 0.15) is 11.5 Å². The number of anilines is 1. The highest BCUT2D eigenvalue weighted by molar-refractivity contribution is 5.94. The molecule has 2 atom stereocenters. The van der Waals surface area contributed by atoms with Crippen molar-refractivity contribution in [3.63, 3.8) is 0 Å². The van der Waals surface area contributed by atoms with Gasteiger partial charge < -0.3 is 19.7 Å². The largest absolute Gasteiger partial charge is 0.497 e. The first-order valence-corrected chi connectivity index (χ1v) is 12.5. The molecule has 4 rings (SSSR count). The van der Waals surface area contributed by atoms with Gasteiger partial charge in [0.05, 0.1) is 7.11 Å². The van der Waals surface area contributed by atoms with E-state index in [1.54, 1.807) is 60.5 Å². The fourth-order valence-corrected chi connectivity index (χ4v) is 4.35. The minimum absolute atomic E-state index is 0.0398. The maximum absolute atomic E-state index is 12.8. The Labute approximate surface area is 217 Å². The van der Waals surface area contributed by atoms with Gasteiger partial charge in [-0.1, -0.05) is 36.4 Å². The van der Waals surface area contributed by atoms with Gasteiger partial charge in [-0.05, 0) is 61.2 Å². The van der Waals surface area contributed by atoms with Gasteiger partial charge in [-0.25, -0.2) is 0 Å². The summed E-state index contributed by atoms with van der Waals surface area (Å²) in [4.78, 5) is 26.8. The van der Waals surface area contributed by atoms with Gasteiger partial charge in [0, 0.05) is 43.0 Å². The van der Waals surface area contributed by atoms with Crippen molar-refractivity contribution in [1.82, 2.24) is 15.8 Å². The number of hydrazine groups is 1. The molecule has 3 aromatic carbocycles. The molecule has 0 spiro atoms. The van der Waals surface area contributed by atoms with Crippen molar-refractivity contribution in [2.45, 2.75) is 31.3 Å². The fraction of sp³-hybridized carbons (Fsp3) is 0.310. The van der Waals surface area contributed by atoms with Crippen molar-refractivity contribution < 1.29 is 19.1 Å². The molecule has 37 heavy (non-hydrogen) atoms. The Hall–Kier alpha value is -3.88. The highest BCUT2D eigenvalue weighted by atomic mass is 16.5. The summed E-state index contributed by atoms with van der Waals surface area (Å²) in [6, 6.07) is 25.1. The van der Waals surface area contributed by atoms with Crippen LogP contribution >= 0.6 is 0 Å². The molecule has 2 unspecified atom stereocenters. The minimum Gasteiger partial charge on any atom is -0.497 e. The molecule has 0 radical (unpaired) electrons. The zero-order chi connectivity index (χ0) is 26.0. The van der Waals surface area contributed by atoms with E-state index in [1.165, 1.54) is 5.56 Å². The van der Waals surface area contributed by atoms with Gasteiger partial charge in [0.2, 0.25) is 0 Å². The molecule has 0 bridgehead atoms. The monoisotopic (exact) mass is 502 g/mol. The maximum Gasteiger partial charge on any atom is 0.262 e. The first-order valence-electron chi connectivity index (χ1n) is 12.5. The highest BCUT2D eigenvalue weighted by Crippen LogP contribution is 2.24. The smallest absolute Gasteiger partial charge is 0.262 e. The molecule has 3 aromatic rings. The third-order valence-corrected chi connectivity index (χ3v) is 6.40. The Kier molecular flexibility index (Phi) is 9.13. The van der Waals surface area contributed by atoms with Crippen molar-refractivity contribution in [2.24, 2.45) is 0 Å². The van der Waals surface area contributed by atoms with Crippen LogP contribution in [0, 0.1) is 0 Å². The molecule has 194 valence electrons. The molecule has 0 aliphatic carbocycles. The predicted octanol–water partition coefficient (Wildman–Crippen LogP) is 4.17. The summed E-state index contributed by atoms with van der Waals surface area (Å²) in [5.74, 6) is 0.859. The first kappa shape index (κ1) is 26.2. The van der Waals surface area contributed by atoms with E-state index in [2.05, 4.69) is 40.4 Å². The summed E-state index contributed by atoms with van der Waals surface area (Å²) in [7, 11) is 3.39. The van der Waals surface area contributed by atoms with Crippen LogP contribution < -0.4 is 25.6 Å². The molecule has 2 amide bonds. The van der Waals surface area contributed by atoms with E-state index in [4.69, 9.17) is 9.47 Å². The average Bonchev–Trinajstić information content (AvgIpc) is 3.41.